The minimum atomic E-state index is 0.0522. The number of rotatable bonds is 4. The molecule has 4 heterocycles. The van der Waals surface area contributed by atoms with E-state index in [9.17, 15) is 4.79 Å². The van der Waals surface area contributed by atoms with Crippen LogP contribution >= 0.6 is 0 Å². The summed E-state index contributed by atoms with van der Waals surface area (Å²) in [6.07, 6.45) is 8.37. The van der Waals surface area contributed by atoms with Crippen molar-refractivity contribution in [1.29, 1.82) is 0 Å². The van der Waals surface area contributed by atoms with Gasteiger partial charge in [0.25, 0.3) is 5.91 Å². The predicted molar refractivity (Wildman–Crippen MR) is 111 cm³/mol. The number of imidazole rings is 1. The van der Waals surface area contributed by atoms with E-state index in [4.69, 9.17) is 0 Å². The fourth-order valence-electron chi connectivity index (χ4n) is 3.67. The van der Waals surface area contributed by atoms with Crippen molar-refractivity contribution >= 4 is 23.1 Å². The van der Waals surface area contributed by atoms with Crippen LogP contribution in [0.15, 0.2) is 48.9 Å². The lowest BCUT2D eigenvalue weighted by atomic mass is 10.1. The maximum atomic E-state index is 13.0. The summed E-state index contributed by atoms with van der Waals surface area (Å²) in [5.41, 5.74) is 2.46. The Morgan fingerprint density at radius 3 is 2.79 bits per heavy atom. The van der Waals surface area contributed by atoms with Crippen LogP contribution in [-0.4, -0.2) is 58.4 Å². The Hall–Kier alpha value is -3.09. The Morgan fingerprint density at radius 1 is 1.11 bits per heavy atom. The fraction of sp³-hybridized carbons (Fsp3) is 0.381. The Labute approximate surface area is 165 Å². The zero-order chi connectivity index (χ0) is 19.5. The predicted octanol–water partition coefficient (Wildman–Crippen LogP) is 2.90. The van der Waals surface area contributed by atoms with E-state index >= 15 is 0 Å². The van der Waals surface area contributed by atoms with Crippen LogP contribution in [0.25, 0.3) is 5.65 Å². The van der Waals surface area contributed by atoms with E-state index < -0.39 is 0 Å². The first-order chi connectivity index (χ1) is 13.6. The summed E-state index contributed by atoms with van der Waals surface area (Å²) < 4.78 is 1.86. The molecule has 1 fully saturated rings. The van der Waals surface area contributed by atoms with Crippen LogP contribution in [0.3, 0.4) is 0 Å². The lowest BCUT2D eigenvalue weighted by molar-refractivity contribution is 0.0754. The maximum absolute atomic E-state index is 13.0. The van der Waals surface area contributed by atoms with Crippen molar-refractivity contribution in [3.8, 4) is 0 Å². The van der Waals surface area contributed by atoms with Crippen LogP contribution in [0.5, 0.6) is 0 Å². The average molecular weight is 378 g/mol. The van der Waals surface area contributed by atoms with Crippen LogP contribution in [0, 0.1) is 0 Å². The van der Waals surface area contributed by atoms with Gasteiger partial charge in [-0.1, -0.05) is 6.07 Å². The average Bonchev–Trinajstić information content (AvgIpc) is 3.00. The summed E-state index contributed by atoms with van der Waals surface area (Å²) in [6, 6.07) is 10.2. The third-order valence-electron chi connectivity index (χ3n) is 5.23. The van der Waals surface area contributed by atoms with E-state index in [1.54, 1.807) is 6.20 Å². The van der Waals surface area contributed by atoms with Crippen LogP contribution in [0.4, 0.5) is 11.5 Å². The summed E-state index contributed by atoms with van der Waals surface area (Å²) in [7, 11) is 3.96. The molecule has 7 nitrogen and oxygen atoms in total. The van der Waals surface area contributed by atoms with Crippen molar-refractivity contribution in [3.63, 3.8) is 0 Å². The molecule has 0 aliphatic carbocycles. The first-order valence-corrected chi connectivity index (χ1v) is 9.73. The molecule has 0 aromatic carbocycles. The van der Waals surface area contributed by atoms with Gasteiger partial charge in [-0.15, -0.1) is 0 Å². The van der Waals surface area contributed by atoms with E-state index in [0.29, 0.717) is 11.7 Å². The first kappa shape index (κ1) is 18.3. The van der Waals surface area contributed by atoms with Crippen molar-refractivity contribution < 1.29 is 4.79 Å². The molecule has 3 aromatic heterocycles. The molecular weight excluding hydrogens is 352 g/mol. The highest BCUT2D eigenvalue weighted by Crippen LogP contribution is 2.19. The van der Waals surface area contributed by atoms with E-state index in [1.807, 2.05) is 65.0 Å². The topological polar surface area (TPSA) is 65.8 Å². The molecule has 3 aromatic rings. The Kier molecular flexibility index (Phi) is 5.14. The minimum absolute atomic E-state index is 0.0522. The Morgan fingerprint density at radius 2 is 2.00 bits per heavy atom. The van der Waals surface area contributed by atoms with Gasteiger partial charge in [-0.25, -0.2) is 9.97 Å². The number of hydrogen-bond acceptors (Lipinski definition) is 5. The molecule has 1 amide bonds. The smallest absolute Gasteiger partial charge is 0.272 e. The second-order valence-corrected chi connectivity index (χ2v) is 7.44. The van der Waals surface area contributed by atoms with Gasteiger partial charge in [-0.3, -0.25) is 9.20 Å². The normalized spacial score (nSPS) is 17.4. The van der Waals surface area contributed by atoms with Crippen molar-refractivity contribution in [2.45, 2.75) is 25.3 Å². The van der Waals surface area contributed by atoms with Crippen molar-refractivity contribution in [1.82, 2.24) is 19.3 Å². The van der Waals surface area contributed by atoms with Gasteiger partial charge in [0.2, 0.25) is 0 Å². The number of amides is 1. The molecule has 0 bridgehead atoms. The maximum Gasteiger partial charge on any atom is 0.272 e. The summed E-state index contributed by atoms with van der Waals surface area (Å²) >= 11 is 0. The van der Waals surface area contributed by atoms with Crippen LogP contribution in [-0.2, 0) is 0 Å². The molecular formula is C21H26N6O. The van der Waals surface area contributed by atoms with Gasteiger partial charge in [0.05, 0.1) is 18.1 Å². The highest BCUT2D eigenvalue weighted by atomic mass is 16.2. The number of anilines is 2. The molecule has 4 rings (SSSR count). The number of likely N-dealkylation sites (tertiary alicyclic amines) is 1. The molecule has 28 heavy (non-hydrogen) atoms. The highest BCUT2D eigenvalue weighted by Gasteiger charge is 2.23. The van der Waals surface area contributed by atoms with Crippen LogP contribution < -0.4 is 10.2 Å². The number of hydrogen-bond donors (Lipinski definition) is 1. The van der Waals surface area contributed by atoms with Gasteiger partial charge >= 0.3 is 0 Å². The Bertz CT molecular complexity index is 949. The van der Waals surface area contributed by atoms with Gasteiger partial charge in [0.15, 0.2) is 0 Å². The van der Waals surface area contributed by atoms with Crippen molar-refractivity contribution in [2.75, 3.05) is 37.4 Å². The quantitative estimate of drug-likeness (QED) is 0.756. The molecule has 0 unspecified atom stereocenters. The number of aromatic nitrogens is 3. The van der Waals surface area contributed by atoms with Crippen molar-refractivity contribution in [3.05, 3.63) is 54.6 Å². The SMILES string of the molecule is CN(C)c1ccc(N[C@@H]2CCCN(C(=O)c3cnc4ccccn34)CC2)cn1. The largest absolute Gasteiger partial charge is 0.381 e. The third-order valence-corrected chi connectivity index (χ3v) is 5.23. The van der Waals surface area contributed by atoms with E-state index in [-0.39, 0.29) is 5.91 Å². The second kappa shape index (κ2) is 7.88. The van der Waals surface area contributed by atoms with Gasteiger partial charge in [0, 0.05) is 39.4 Å². The molecule has 1 N–H and O–H groups in total. The molecule has 1 aliphatic heterocycles. The summed E-state index contributed by atoms with van der Waals surface area (Å²) in [6.45, 7) is 1.51. The molecule has 1 atom stereocenters. The molecule has 146 valence electrons. The fourth-order valence-corrected chi connectivity index (χ4v) is 3.67. The van der Waals surface area contributed by atoms with Gasteiger partial charge < -0.3 is 15.1 Å². The van der Waals surface area contributed by atoms with Gasteiger partial charge in [-0.2, -0.15) is 0 Å². The first-order valence-electron chi connectivity index (χ1n) is 9.73. The van der Waals surface area contributed by atoms with E-state index in [0.717, 1.165) is 49.5 Å². The van der Waals surface area contributed by atoms with Gasteiger partial charge in [-0.05, 0) is 43.5 Å². The minimum Gasteiger partial charge on any atom is -0.381 e. The standard InChI is InChI=1S/C21H26N6O/c1-25(2)19-9-8-17(14-22-19)24-16-6-5-11-26(13-10-16)21(28)18-15-23-20-7-3-4-12-27(18)20/h3-4,7-9,12,14-16,24H,5-6,10-11,13H2,1-2H3/t16-/m1/s1. The third kappa shape index (κ3) is 3.78. The second-order valence-electron chi connectivity index (χ2n) is 7.44. The summed E-state index contributed by atoms with van der Waals surface area (Å²) in [4.78, 5) is 25.8. The van der Waals surface area contributed by atoms with Crippen LogP contribution in [0.1, 0.15) is 29.8 Å². The summed E-state index contributed by atoms with van der Waals surface area (Å²) in [5, 5.41) is 3.57. The van der Waals surface area contributed by atoms with E-state index in [1.165, 1.54) is 0 Å². The monoisotopic (exact) mass is 378 g/mol. The Balaban J connectivity index is 1.40. The number of nitrogens with zero attached hydrogens (tertiary/aromatic N) is 5. The highest BCUT2D eigenvalue weighted by molar-refractivity contribution is 5.93. The zero-order valence-corrected chi connectivity index (χ0v) is 16.4. The number of pyridine rings is 2. The number of nitrogens with one attached hydrogen (secondary N) is 1. The van der Waals surface area contributed by atoms with Crippen LogP contribution in [0.2, 0.25) is 0 Å². The molecule has 1 aliphatic rings. The molecule has 0 saturated carbocycles. The lowest BCUT2D eigenvalue weighted by Crippen LogP contribution is -2.33. The molecule has 1 saturated heterocycles. The van der Waals surface area contributed by atoms with E-state index in [2.05, 4.69) is 21.4 Å². The number of fused-ring (bicyclic) bond motifs is 1. The number of carbonyl (C=O) groups excluding carboxylic acids is 1. The van der Waals surface area contributed by atoms with Gasteiger partial charge in [0.1, 0.15) is 17.2 Å². The van der Waals surface area contributed by atoms with Crippen molar-refractivity contribution in [2.24, 2.45) is 0 Å². The molecule has 7 heteroatoms. The molecule has 0 radical (unpaired) electrons. The zero-order valence-electron chi connectivity index (χ0n) is 16.4. The molecule has 0 spiro atoms. The lowest BCUT2D eigenvalue weighted by Gasteiger charge is -2.21. The number of carbonyl (C=O) groups is 1. The summed E-state index contributed by atoms with van der Waals surface area (Å²) in [5.74, 6) is 0.993.